The molecule has 0 saturated heterocycles. The SMILES string of the molecule is c1ccc(-c2ccc(-c3nc(-c4cccc(-c5ccccc5)c4)nc(-c4ccc5oc6ccc7ccc8nc(-c9ccccc9)oc8c7c6c5c4)n3)cc2)cc1. The number of aromatic nitrogens is 4. The molecule has 3 heterocycles. The molecule has 0 aliphatic heterocycles. The first-order valence-electron chi connectivity index (χ1n) is 18.5. The first-order valence-corrected chi connectivity index (χ1v) is 18.5. The van der Waals surface area contributed by atoms with Crippen molar-refractivity contribution in [2.75, 3.05) is 0 Å². The van der Waals surface area contributed by atoms with Gasteiger partial charge in [0.1, 0.15) is 16.7 Å². The lowest BCUT2D eigenvalue weighted by atomic mass is 10.0. The van der Waals surface area contributed by atoms with Crippen LogP contribution in [0.3, 0.4) is 0 Å². The van der Waals surface area contributed by atoms with Crippen molar-refractivity contribution in [3.05, 3.63) is 182 Å². The van der Waals surface area contributed by atoms with Crippen molar-refractivity contribution < 1.29 is 8.83 Å². The summed E-state index contributed by atoms with van der Waals surface area (Å²) in [5.41, 5.74) is 11.1. The Morgan fingerprint density at radius 2 is 0.839 bits per heavy atom. The van der Waals surface area contributed by atoms with Crippen molar-refractivity contribution in [3.63, 3.8) is 0 Å². The summed E-state index contributed by atoms with van der Waals surface area (Å²) in [6.07, 6.45) is 0. The molecule has 0 N–H and O–H groups in total. The Kier molecular flexibility index (Phi) is 7.38. The fourth-order valence-corrected chi connectivity index (χ4v) is 7.58. The summed E-state index contributed by atoms with van der Waals surface area (Å²) in [7, 11) is 0. The molecule has 0 amide bonds. The largest absolute Gasteiger partial charge is 0.456 e. The molecule has 11 aromatic rings. The first-order chi connectivity index (χ1) is 27.7. The number of oxazole rings is 1. The van der Waals surface area contributed by atoms with Gasteiger partial charge in [-0.3, -0.25) is 0 Å². The molecule has 3 aromatic heterocycles. The second kappa shape index (κ2) is 13.0. The Bertz CT molecular complexity index is 3230. The number of fused-ring (bicyclic) bond motifs is 7. The third kappa shape index (κ3) is 5.51. The standard InChI is InChI=1S/C50H30N4O2/c1-4-11-31(12-5-1)33-19-21-35(22-20-33)47-52-48(38-18-10-17-37(29-38)32-13-6-2-7-14-32)54-49(53-47)39-25-27-42-40(30-39)45-43(55-42)28-24-34-23-26-41-46(44(34)45)56-50(51-41)36-15-8-3-9-16-36/h1-30H. The summed E-state index contributed by atoms with van der Waals surface area (Å²) >= 11 is 0. The summed E-state index contributed by atoms with van der Waals surface area (Å²) < 4.78 is 13.0. The lowest BCUT2D eigenvalue weighted by molar-refractivity contribution is 0.623. The van der Waals surface area contributed by atoms with E-state index in [1.807, 2.05) is 66.7 Å². The summed E-state index contributed by atoms with van der Waals surface area (Å²) in [6, 6.07) is 61.8. The predicted octanol–water partition coefficient (Wildman–Crippen LogP) is 13.1. The van der Waals surface area contributed by atoms with Crippen LogP contribution in [0, 0.1) is 0 Å². The highest BCUT2D eigenvalue weighted by Gasteiger charge is 2.19. The van der Waals surface area contributed by atoms with E-state index in [1.54, 1.807) is 0 Å². The van der Waals surface area contributed by atoms with Gasteiger partial charge < -0.3 is 8.83 Å². The average Bonchev–Trinajstić information content (AvgIpc) is 3.89. The second-order valence-corrected chi connectivity index (χ2v) is 13.8. The molecule has 0 spiro atoms. The van der Waals surface area contributed by atoms with Gasteiger partial charge in [-0.05, 0) is 76.2 Å². The minimum absolute atomic E-state index is 0.565. The third-order valence-electron chi connectivity index (χ3n) is 10.4. The van der Waals surface area contributed by atoms with E-state index in [2.05, 4.69) is 115 Å². The number of hydrogen-bond donors (Lipinski definition) is 0. The van der Waals surface area contributed by atoms with Gasteiger partial charge in [0.05, 0.1) is 0 Å². The minimum Gasteiger partial charge on any atom is -0.456 e. The Morgan fingerprint density at radius 1 is 0.321 bits per heavy atom. The number of rotatable bonds is 6. The molecule has 262 valence electrons. The Hall–Kier alpha value is -7.70. The quantitative estimate of drug-likeness (QED) is 0.170. The van der Waals surface area contributed by atoms with Crippen molar-refractivity contribution in [2.45, 2.75) is 0 Å². The molecule has 0 unspecified atom stereocenters. The van der Waals surface area contributed by atoms with E-state index in [4.69, 9.17) is 28.8 Å². The van der Waals surface area contributed by atoms with Crippen molar-refractivity contribution in [3.8, 4) is 67.9 Å². The van der Waals surface area contributed by atoms with Gasteiger partial charge in [0.25, 0.3) is 0 Å². The van der Waals surface area contributed by atoms with Crippen LogP contribution < -0.4 is 0 Å². The Labute approximate surface area is 321 Å². The van der Waals surface area contributed by atoms with Crippen molar-refractivity contribution in [1.82, 2.24) is 19.9 Å². The van der Waals surface area contributed by atoms with E-state index < -0.39 is 0 Å². The highest BCUT2D eigenvalue weighted by atomic mass is 16.3. The highest BCUT2D eigenvalue weighted by molar-refractivity contribution is 6.25. The molecule has 0 fully saturated rings. The topological polar surface area (TPSA) is 77.8 Å². The van der Waals surface area contributed by atoms with E-state index in [0.717, 1.165) is 88.3 Å². The van der Waals surface area contributed by atoms with Crippen LogP contribution in [0.2, 0.25) is 0 Å². The number of nitrogens with zero attached hydrogens (tertiary/aromatic N) is 4. The maximum absolute atomic E-state index is 6.53. The lowest BCUT2D eigenvalue weighted by Crippen LogP contribution is -2.00. The van der Waals surface area contributed by atoms with Crippen molar-refractivity contribution in [1.29, 1.82) is 0 Å². The van der Waals surface area contributed by atoms with E-state index >= 15 is 0 Å². The highest BCUT2D eigenvalue weighted by Crippen LogP contribution is 2.41. The van der Waals surface area contributed by atoms with E-state index in [-0.39, 0.29) is 0 Å². The van der Waals surface area contributed by atoms with Gasteiger partial charge in [-0.2, -0.15) is 0 Å². The Morgan fingerprint density at radius 3 is 1.55 bits per heavy atom. The van der Waals surface area contributed by atoms with Gasteiger partial charge in [0.15, 0.2) is 23.1 Å². The van der Waals surface area contributed by atoms with Crippen LogP contribution >= 0.6 is 0 Å². The number of hydrogen-bond acceptors (Lipinski definition) is 6. The van der Waals surface area contributed by atoms with Crippen LogP contribution in [0.1, 0.15) is 0 Å². The van der Waals surface area contributed by atoms with Crippen molar-refractivity contribution >= 4 is 43.8 Å². The van der Waals surface area contributed by atoms with Gasteiger partial charge in [-0.1, -0.05) is 133 Å². The first kappa shape index (κ1) is 31.8. The van der Waals surface area contributed by atoms with Crippen LogP contribution in [-0.4, -0.2) is 19.9 Å². The molecular weight excluding hydrogens is 689 g/mol. The van der Waals surface area contributed by atoms with E-state index in [9.17, 15) is 0 Å². The van der Waals surface area contributed by atoms with E-state index in [0.29, 0.717) is 23.4 Å². The monoisotopic (exact) mass is 718 g/mol. The zero-order chi connectivity index (χ0) is 37.0. The Balaban J connectivity index is 1.10. The van der Waals surface area contributed by atoms with Crippen molar-refractivity contribution in [2.24, 2.45) is 0 Å². The minimum atomic E-state index is 0.565. The van der Waals surface area contributed by atoms with Crippen LogP contribution in [0.15, 0.2) is 191 Å². The molecule has 0 aliphatic rings. The zero-order valence-electron chi connectivity index (χ0n) is 29.9. The molecule has 0 bridgehead atoms. The summed E-state index contributed by atoms with van der Waals surface area (Å²) in [5, 5.41) is 3.90. The molecule has 8 aromatic carbocycles. The van der Waals surface area contributed by atoms with E-state index in [1.165, 1.54) is 0 Å². The molecule has 0 saturated carbocycles. The molecule has 6 nitrogen and oxygen atoms in total. The molecule has 11 rings (SSSR count). The van der Waals surface area contributed by atoms with Crippen LogP contribution in [0.5, 0.6) is 0 Å². The molecule has 0 aliphatic carbocycles. The molecule has 0 atom stereocenters. The third-order valence-corrected chi connectivity index (χ3v) is 10.4. The molecule has 0 radical (unpaired) electrons. The number of benzene rings is 8. The summed E-state index contributed by atoms with van der Waals surface area (Å²) in [6.45, 7) is 0. The maximum Gasteiger partial charge on any atom is 0.227 e. The molecular formula is C50H30N4O2. The number of furan rings is 1. The van der Waals surface area contributed by atoms with Gasteiger partial charge in [-0.15, -0.1) is 0 Å². The van der Waals surface area contributed by atoms with Gasteiger partial charge >= 0.3 is 0 Å². The van der Waals surface area contributed by atoms with Crippen LogP contribution in [0.25, 0.3) is 112 Å². The smallest absolute Gasteiger partial charge is 0.227 e. The predicted molar refractivity (Wildman–Crippen MR) is 225 cm³/mol. The fourth-order valence-electron chi connectivity index (χ4n) is 7.58. The fraction of sp³-hybridized carbons (Fsp3) is 0. The zero-order valence-corrected chi connectivity index (χ0v) is 29.9. The van der Waals surface area contributed by atoms with Gasteiger partial charge in [-0.25, -0.2) is 19.9 Å². The molecule has 6 heteroatoms. The second-order valence-electron chi connectivity index (χ2n) is 13.8. The summed E-state index contributed by atoms with van der Waals surface area (Å²) in [5.74, 6) is 2.33. The average molecular weight is 719 g/mol. The van der Waals surface area contributed by atoms with Crippen LogP contribution in [-0.2, 0) is 0 Å². The van der Waals surface area contributed by atoms with Crippen LogP contribution in [0.4, 0.5) is 0 Å². The maximum atomic E-state index is 6.53. The lowest BCUT2D eigenvalue weighted by Gasteiger charge is -2.10. The molecule has 56 heavy (non-hydrogen) atoms. The van der Waals surface area contributed by atoms with Gasteiger partial charge in [0, 0.05) is 38.4 Å². The normalized spacial score (nSPS) is 11.6. The summed E-state index contributed by atoms with van der Waals surface area (Å²) in [4.78, 5) is 20.2. The van der Waals surface area contributed by atoms with Gasteiger partial charge in [0.2, 0.25) is 5.89 Å².